The number of sulfonamides is 1. The van der Waals surface area contributed by atoms with Gasteiger partial charge in [0, 0.05) is 35.9 Å². The maximum atomic E-state index is 13.7. The van der Waals surface area contributed by atoms with Crippen molar-refractivity contribution in [2.75, 3.05) is 59.4 Å². The van der Waals surface area contributed by atoms with Gasteiger partial charge in [0.05, 0.1) is 37.5 Å². The van der Waals surface area contributed by atoms with Crippen LogP contribution in [0.2, 0.25) is 0 Å². The summed E-state index contributed by atoms with van der Waals surface area (Å²) in [7, 11) is -3.68. The van der Waals surface area contributed by atoms with Crippen LogP contribution < -0.4 is 25.0 Å². The third kappa shape index (κ3) is 7.54. The van der Waals surface area contributed by atoms with E-state index in [0.717, 1.165) is 30.7 Å². The predicted octanol–water partition coefficient (Wildman–Crippen LogP) is 5.10. The standard InChI is InChI=1S/C33H38N6O6S/c1-6-45-30-26(19-21(33(2,3)4)20-27(30)38-46(5,42)43)35-31(41)29(40)24-11-12-25(23-10-8-7-9-22(23)24)36-32-34-14-13-28(37-32)39-15-17-44-18-16-39/h7-14,19-20,38H,6,15-18H2,1-5H3,(H,35,41)(H,34,36,37). The Hall–Kier alpha value is -4.75. The first-order valence-corrected chi connectivity index (χ1v) is 16.8. The fraction of sp³-hybridized carbons (Fsp3) is 0.333. The van der Waals surface area contributed by atoms with Crippen LogP contribution in [-0.4, -0.2) is 69.2 Å². The molecule has 0 unspecified atom stereocenters. The molecule has 0 aliphatic carbocycles. The largest absolute Gasteiger partial charge is 0.489 e. The molecular formula is C33H38N6O6S. The molecule has 1 saturated heterocycles. The Balaban J connectivity index is 1.46. The van der Waals surface area contributed by atoms with Gasteiger partial charge in [-0.1, -0.05) is 45.0 Å². The zero-order valence-corrected chi connectivity index (χ0v) is 27.3. The van der Waals surface area contributed by atoms with Crippen LogP contribution in [0.4, 0.5) is 28.8 Å². The Morgan fingerprint density at radius 3 is 2.35 bits per heavy atom. The first-order valence-electron chi connectivity index (χ1n) is 14.9. The number of rotatable bonds is 10. The Morgan fingerprint density at radius 2 is 1.67 bits per heavy atom. The maximum absolute atomic E-state index is 13.7. The van der Waals surface area contributed by atoms with Crippen LogP contribution in [0, 0.1) is 0 Å². The lowest BCUT2D eigenvalue weighted by molar-refractivity contribution is -0.112. The van der Waals surface area contributed by atoms with Crippen molar-refractivity contribution in [2.45, 2.75) is 33.1 Å². The molecule has 0 spiro atoms. The number of ether oxygens (including phenoxy) is 2. The van der Waals surface area contributed by atoms with Gasteiger partial charge in [-0.25, -0.2) is 13.4 Å². The molecule has 242 valence electrons. The smallest absolute Gasteiger partial charge is 0.296 e. The summed E-state index contributed by atoms with van der Waals surface area (Å²) in [6.45, 7) is 10.5. The van der Waals surface area contributed by atoms with Crippen molar-refractivity contribution in [3.63, 3.8) is 0 Å². The van der Waals surface area contributed by atoms with Crippen molar-refractivity contribution in [1.29, 1.82) is 0 Å². The van der Waals surface area contributed by atoms with Crippen LogP contribution in [0.25, 0.3) is 10.8 Å². The van der Waals surface area contributed by atoms with Crippen molar-refractivity contribution in [3.8, 4) is 5.75 Å². The average molecular weight is 647 g/mol. The summed E-state index contributed by atoms with van der Waals surface area (Å²) < 4.78 is 38.0. The molecule has 3 N–H and O–H groups in total. The SMILES string of the molecule is CCOc1c(NC(=O)C(=O)c2ccc(Nc3nccc(N4CCOCC4)n3)c3ccccc23)cc(C(C)(C)C)cc1NS(C)(=O)=O. The number of hydrogen-bond acceptors (Lipinski definition) is 10. The Morgan fingerprint density at radius 1 is 0.978 bits per heavy atom. The van der Waals surface area contributed by atoms with Gasteiger partial charge in [-0.15, -0.1) is 0 Å². The Labute approximate surface area is 268 Å². The van der Waals surface area contributed by atoms with Gasteiger partial charge < -0.3 is 25.0 Å². The number of Topliss-reactive ketones (excluding diaryl/α,β-unsaturated/α-hetero) is 1. The Bertz CT molecular complexity index is 1880. The van der Waals surface area contributed by atoms with Crippen molar-refractivity contribution in [1.82, 2.24) is 9.97 Å². The highest BCUT2D eigenvalue weighted by Crippen LogP contribution is 2.39. The summed E-state index contributed by atoms with van der Waals surface area (Å²) in [5.74, 6) is -0.373. The third-order valence-electron chi connectivity index (χ3n) is 7.38. The molecule has 1 aliphatic heterocycles. The fourth-order valence-electron chi connectivity index (χ4n) is 5.14. The van der Waals surface area contributed by atoms with Gasteiger partial charge in [0.25, 0.3) is 11.7 Å². The van der Waals surface area contributed by atoms with E-state index >= 15 is 0 Å². The number of anilines is 5. The number of nitrogens with zero attached hydrogens (tertiary/aromatic N) is 3. The number of amides is 1. The van der Waals surface area contributed by atoms with E-state index in [1.165, 1.54) is 0 Å². The lowest BCUT2D eigenvalue weighted by Crippen LogP contribution is -2.36. The molecule has 0 saturated carbocycles. The van der Waals surface area contributed by atoms with Crippen LogP contribution in [0.15, 0.2) is 60.8 Å². The van der Waals surface area contributed by atoms with Crippen LogP contribution in [0.3, 0.4) is 0 Å². The second kappa shape index (κ2) is 13.3. The minimum Gasteiger partial charge on any atom is -0.489 e. The number of benzene rings is 3. The van der Waals surface area contributed by atoms with E-state index in [4.69, 9.17) is 9.47 Å². The van der Waals surface area contributed by atoms with Crippen LogP contribution in [-0.2, 0) is 25.0 Å². The second-order valence-corrected chi connectivity index (χ2v) is 13.7. The number of nitrogens with one attached hydrogen (secondary N) is 3. The predicted molar refractivity (Wildman–Crippen MR) is 180 cm³/mol. The van der Waals surface area contributed by atoms with E-state index in [2.05, 4.69) is 30.2 Å². The molecule has 2 heterocycles. The van der Waals surface area contributed by atoms with E-state index < -0.39 is 27.1 Å². The van der Waals surface area contributed by atoms with E-state index in [9.17, 15) is 18.0 Å². The molecule has 0 atom stereocenters. The van der Waals surface area contributed by atoms with Gasteiger partial charge >= 0.3 is 0 Å². The van der Waals surface area contributed by atoms with Gasteiger partial charge in [-0.05, 0) is 53.6 Å². The number of ketones is 1. The zero-order chi connectivity index (χ0) is 33.1. The molecule has 4 aromatic rings. The number of fused-ring (bicyclic) bond motifs is 1. The summed E-state index contributed by atoms with van der Waals surface area (Å²) in [5.41, 5.74) is 1.53. The summed E-state index contributed by atoms with van der Waals surface area (Å²) in [6, 6.07) is 15.8. The van der Waals surface area contributed by atoms with Gasteiger partial charge in [0.1, 0.15) is 5.82 Å². The normalized spacial score (nSPS) is 13.7. The van der Waals surface area contributed by atoms with Crippen LogP contribution in [0.5, 0.6) is 5.75 Å². The lowest BCUT2D eigenvalue weighted by Gasteiger charge is -2.27. The lowest BCUT2D eigenvalue weighted by atomic mass is 9.86. The molecule has 46 heavy (non-hydrogen) atoms. The molecule has 1 aliphatic rings. The molecule has 3 aromatic carbocycles. The zero-order valence-electron chi connectivity index (χ0n) is 26.5. The van der Waals surface area contributed by atoms with Crippen molar-refractivity contribution in [2.24, 2.45) is 0 Å². The molecule has 1 amide bonds. The number of carbonyl (C=O) groups excluding carboxylic acids is 2. The highest BCUT2D eigenvalue weighted by Gasteiger charge is 2.26. The maximum Gasteiger partial charge on any atom is 0.296 e. The minimum atomic E-state index is -3.68. The van der Waals surface area contributed by atoms with Crippen LogP contribution in [0.1, 0.15) is 43.6 Å². The quantitative estimate of drug-likeness (QED) is 0.157. The van der Waals surface area contributed by atoms with E-state index in [1.807, 2.05) is 39.0 Å². The highest BCUT2D eigenvalue weighted by atomic mass is 32.2. The molecule has 5 rings (SSSR count). The first-order chi connectivity index (χ1) is 21.8. The minimum absolute atomic E-state index is 0.116. The number of morpholine rings is 1. The summed E-state index contributed by atoms with van der Waals surface area (Å²) >= 11 is 0. The molecule has 1 fully saturated rings. The number of carbonyl (C=O) groups is 2. The monoisotopic (exact) mass is 646 g/mol. The molecule has 12 nitrogen and oxygen atoms in total. The molecular weight excluding hydrogens is 608 g/mol. The topological polar surface area (TPSA) is 152 Å². The summed E-state index contributed by atoms with van der Waals surface area (Å²) in [6.07, 6.45) is 2.72. The average Bonchev–Trinajstić information content (AvgIpc) is 3.01. The number of aromatic nitrogens is 2. The molecule has 0 bridgehead atoms. The van der Waals surface area contributed by atoms with Crippen LogP contribution >= 0.6 is 0 Å². The van der Waals surface area contributed by atoms with E-state index in [-0.39, 0.29) is 29.3 Å². The van der Waals surface area contributed by atoms with Crippen molar-refractivity contribution >= 4 is 61.3 Å². The second-order valence-electron chi connectivity index (χ2n) is 11.9. The highest BCUT2D eigenvalue weighted by molar-refractivity contribution is 7.92. The van der Waals surface area contributed by atoms with Crippen molar-refractivity contribution < 1.29 is 27.5 Å². The first kappa shape index (κ1) is 32.6. The fourth-order valence-corrected chi connectivity index (χ4v) is 5.69. The summed E-state index contributed by atoms with van der Waals surface area (Å²) in [4.78, 5) is 38.4. The van der Waals surface area contributed by atoms with Gasteiger partial charge in [0.2, 0.25) is 16.0 Å². The third-order valence-corrected chi connectivity index (χ3v) is 7.98. The molecule has 1 aromatic heterocycles. The van der Waals surface area contributed by atoms with Gasteiger partial charge in [0.15, 0.2) is 5.75 Å². The number of hydrogen-bond donors (Lipinski definition) is 3. The van der Waals surface area contributed by atoms with Crippen molar-refractivity contribution in [3.05, 3.63) is 71.9 Å². The Kier molecular flexibility index (Phi) is 9.44. The van der Waals surface area contributed by atoms with E-state index in [0.29, 0.717) is 35.6 Å². The molecule has 13 heteroatoms. The van der Waals surface area contributed by atoms with Gasteiger partial charge in [-0.2, -0.15) is 4.98 Å². The van der Waals surface area contributed by atoms with E-state index in [1.54, 1.807) is 49.5 Å². The summed E-state index contributed by atoms with van der Waals surface area (Å²) in [5, 5.41) is 7.21. The molecule has 0 radical (unpaired) electrons. The van der Waals surface area contributed by atoms with Gasteiger partial charge in [-0.3, -0.25) is 14.3 Å².